The van der Waals surface area contributed by atoms with Crippen LogP contribution in [0.15, 0.2) is 132 Å². The van der Waals surface area contributed by atoms with Gasteiger partial charge in [-0.3, -0.25) is 4.57 Å². The summed E-state index contributed by atoms with van der Waals surface area (Å²) in [7, 11) is 0. The maximum atomic E-state index is 5.02. The highest BCUT2D eigenvalue weighted by atomic mass is 79.9. The third-order valence-corrected chi connectivity index (χ3v) is 7.21. The lowest BCUT2D eigenvalue weighted by atomic mass is 10.1. The highest BCUT2D eigenvalue weighted by molar-refractivity contribution is 9.10. The average molecular weight is 553 g/mol. The Morgan fingerprint density at radius 1 is 0.553 bits per heavy atom. The van der Waals surface area contributed by atoms with Gasteiger partial charge in [-0.25, -0.2) is 15.0 Å². The summed E-state index contributed by atoms with van der Waals surface area (Å²) in [6.45, 7) is 0. The summed E-state index contributed by atoms with van der Waals surface area (Å²) in [4.78, 5) is 14.8. The molecule has 3 aromatic heterocycles. The number of nitrogens with zero attached hydrogens (tertiary/aromatic N) is 4. The van der Waals surface area contributed by atoms with Gasteiger partial charge in [-0.2, -0.15) is 0 Å². The Kier molecular flexibility index (Phi) is 5.56. The summed E-state index contributed by atoms with van der Waals surface area (Å²) in [5.74, 6) is 0.682. The predicted molar refractivity (Wildman–Crippen MR) is 158 cm³/mol. The van der Waals surface area contributed by atoms with Crippen molar-refractivity contribution in [2.75, 3.05) is 0 Å². The number of rotatable bonds is 4. The molecule has 0 N–H and O–H groups in total. The Labute approximate surface area is 228 Å². The molecule has 0 amide bonds. The number of halogens is 1. The Morgan fingerprint density at radius 3 is 1.95 bits per heavy atom. The summed E-state index contributed by atoms with van der Waals surface area (Å²) in [6.07, 6.45) is 1.84. The zero-order valence-electron chi connectivity index (χ0n) is 20.3. The van der Waals surface area contributed by atoms with Gasteiger partial charge in [-0.15, -0.1) is 0 Å². The standard InChI is InChI=1S/C33H21BrN4/c34-25-16-17-27-28-15-8-18-35-33(28)38(31(27)20-25)26-14-7-13-24(19-26)32-36-29(22-9-3-1-4-10-22)21-30(37-32)23-11-5-2-6-12-23/h1-21H. The van der Waals surface area contributed by atoms with Crippen molar-refractivity contribution in [3.8, 4) is 39.6 Å². The van der Waals surface area contributed by atoms with Gasteiger partial charge in [0.1, 0.15) is 5.65 Å². The van der Waals surface area contributed by atoms with E-state index in [-0.39, 0.29) is 0 Å². The van der Waals surface area contributed by atoms with Gasteiger partial charge in [-0.05, 0) is 42.5 Å². The molecular weight excluding hydrogens is 532 g/mol. The molecule has 180 valence electrons. The normalized spacial score (nSPS) is 11.3. The van der Waals surface area contributed by atoms with Crippen molar-refractivity contribution in [2.24, 2.45) is 0 Å². The van der Waals surface area contributed by atoms with Crippen LogP contribution >= 0.6 is 15.9 Å². The Balaban J connectivity index is 1.44. The first kappa shape index (κ1) is 22.6. The first-order valence-corrected chi connectivity index (χ1v) is 13.2. The largest absolute Gasteiger partial charge is 0.294 e. The van der Waals surface area contributed by atoms with Crippen LogP contribution in [0.3, 0.4) is 0 Å². The van der Waals surface area contributed by atoms with Gasteiger partial charge in [0, 0.05) is 43.8 Å². The van der Waals surface area contributed by atoms with Gasteiger partial charge in [0.25, 0.3) is 0 Å². The van der Waals surface area contributed by atoms with Crippen LogP contribution in [0.2, 0.25) is 0 Å². The van der Waals surface area contributed by atoms with E-state index in [1.54, 1.807) is 0 Å². The minimum atomic E-state index is 0.682. The molecule has 5 heteroatoms. The number of hydrogen-bond donors (Lipinski definition) is 0. The molecule has 0 radical (unpaired) electrons. The van der Waals surface area contributed by atoms with E-state index < -0.39 is 0 Å². The van der Waals surface area contributed by atoms with Gasteiger partial charge < -0.3 is 0 Å². The maximum absolute atomic E-state index is 5.02. The summed E-state index contributed by atoms with van der Waals surface area (Å²) in [6, 6.07) is 41.4. The van der Waals surface area contributed by atoms with E-state index in [4.69, 9.17) is 15.0 Å². The second-order valence-electron chi connectivity index (χ2n) is 9.12. The molecule has 3 heterocycles. The van der Waals surface area contributed by atoms with E-state index in [0.717, 1.165) is 60.2 Å². The van der Waals surface area contributed by atoms with E-state index in [2.05, 4.69) is 99.4 Å². The molecule has 7 rings (SSSR count). The van der Waals surface area contributed by atoms with E-state index in [1.807, 2.05) is 48.7 Å². The molecule has 0 aliphatic rings. The molecule has 0 bridgehead atoms. The summed E-state index contributed by atoms with van der Waals surface area (Å²) < 4.78 is 3.23. The number of benzene rings is 4. The lowest BCUT2D eigenvalue weighted by Gasteiger charge is -2.12. The van der Waals surface area contributed by atoms with Crippen LogP contribution in [0.5, 0.6) is 0 Å². The smallest absolute Gasteiger partial charge is 0.160 e. The van der Waals surface area contributed by atoms with Crippen LogP contribution in [0.4, 0.5) is 0 Å². The van der Waals surface area contributed by atoms with Crippen LogP contribution in [-0.4, -0.2) is 19.5 Å². The molecule has 7 aromatic rings. The summed E-state index contributed by atoms with van der Waals surface area (Å²) >= 11 is 3.65. The van der Waals surface area contributed by atoms with E-state index in [0.29, 0.717) is 5.82 Å². The molecule has 4 aromatic carbocycles. The minimum Gasteiger partial charge on any atom is -0.294 e. The number of pyridine rings is 1. The molecule has 0 atom stereocenters. The zero-order valence-corrected chi connectivity index (χ0v) is 21.9. The van der Waals surface area contributed by atoms with Crippen LogP contribution in [0.25, 0.3) is 61.5 Å². The quantitative estimate of drug-likeness (QED) is 0.219. The van der Waals surface area contributed by atoms with Crippen molar-refractivity contribution >= 4 is 37.9 Å². The molecule has 0 aliphatic heterocycles. The summed E-state index contributed by atoms with van der Waals surface area (Å²) in [5.41, 5.74) is 7.86. The van der Waals surface area contributed by atoms with Crippen LogP contribution in [0.1, 0.15) is 0 Å². The molecule has 38 heavy (non-hydrogen) atoms. The first-order chi connectivity index (χ1) is 18.7. The average Bonchev–Trinajstić information content (AvgIpc) is 3.31. The Hall–Kier alpha value is -4.61. The van der Waals surface area contributed by atoms with Crippen molar-refractivity contribution < 1.29 is 0 Å². The van der Waals surface area contributed by atoms with Gasteiger partial charge in [0.15, 0.2) is 5.82 Å². The van der Waals surface area contributed by atoms with Crippen molar-refractivity contribution in [1.82, 2.24) is 19.5 Å². The van der Waals surface area contributed by atoms with Crippen molar-refractivity contribution in [2.45, 2.75) is 0 Å². The second-order valence-corrected chi connectivity index (χ2v) is 10.0. The van der Waals surface area contributed by atoms with Crippen molar-refractivity contribution in [1.29, 1.82) is 0 Å². The van der Waals surface area contributed by atoms with E-state index >= 15 is 0 Å². The summed E-state index contributed by atoms with van der Waals surface area (Å²) in [5, 5.41) is 2.28. The van der Waals surface area contributed by atoms with Crippen LogP contribution in [-0.2, 0) is 0 Å². The fourth-order valence-corrected chi connectivity index (χ4v) is 5.30. The third kappa shape index (κ3) is 3.98. The monoisotopic (exact) mass is 552 g/mol. The number of fused-ring (bicyclic) bond motifs is 3. The lowest BCUT2D eigenvalue weighted by molar-refractivity contribution is 1.13. The fraction of sp³-hybridized carbons (Fsp3) is 0. The van der Waals surface area contributed by atoms with Crippen LogP contribution in [0, 0.1) is 0 Å². The van der Waals surface area contributed by atoms with Gasteiger partial charge >= 0.3 is 0 Å². The topological polar surface area (TPSA) is 43.6 Å². The second kappa shape index (κ2) is 9.36. The molecule has 0 unspecified atom stereocenters. The minimum absolute atomic E-state index is 0.682. The molecule has 0 aliphatic carbocycles. The Morgan fingerprint density at radius 2 is 1.24 bits per heavy atom. The zero-order chi connectivity index (χ0) is 25.5. The first-order valence-electron chi connectivity index (χ1n) is 12.4. The highest BCUT2D eigenvalue weighted by Gasteiger charge is 2.15. The molecule has 0 spiro atoms. The number of hydrogen-bond acceptors (Lipinski definition) is 3. The molecular formula is C33H21BrN4. The van der Waals surface area contributed by atoms with E-state index in [1.165, 1.54) is 0 Å². The molecule has 0 saturated heterocycles. The van der Waals surface area contributed by atoms with E-state index in [9.17, 15) is 0 Å². The predicted octanol–water partition coefficient (Wildman–Crippen LogP) is 8.73. The van der Waals surface area contributed by atoms with Crippen molar-refractivity contribution in [3.05, 3.63) is 132 Å². The fourth-order valence-electron chi connectivity index (χ4n) is 4.95. The van der Waals surface area contributed by atoms with Gasteiger partial charge in [-0.1, -0.05) is 94.8 Å². The Bertz CT molecular complexity index is 1870. The molecule has 4 nitrogen and oxygen atoms in total. The highest BCUT2D eigenvalue weighted by Crippen LogP contribution is 2.34. The van der Waals surface area contributed by atoms with Crippen LogP contribution < -0.4 is 0 Å². The maximum Gasteiger partial charge on any atom is 0.160 e. The third-order valence-electron chi connectivity index (χ3n) is 6.72. The SMILES string of the molecule is Brc1ccc2c3cccnc3n(-c3cccc(-c4nc(-c5ccccc5)cc(-c5ccccc5)n4)c3)c2c1. The van der Waals surface area contributed by atoms with Gasteiger partial charge in [0.2, 0.25) is 0 Å². The van der Waals surface area contributed by atoms with Crippen molar-refractivity contribution in [3.63, 3.8) is 0 Å². The molecule has 0 fully saturated rings. The lowest BCUT2D eigenvalue weighted by Crippen LogP contribution is -1.98. The van der Waals surface area contributed by atoms with Gasteiger partial charge in [0.05, 0.1) is 16.9 Å². The number of aromatic nitrogens is 4. The molecule has 0 saturated carbocycles.